The van der Waals surface area contributed by atoms with E-state index in [2.05, 4.69) is 24.3 Å². The summed E-state index contributed by atoms with van der Waals surface area (Å²) in [5.74, 6) is 1.53. The van der Waals surface area contributed by atoms with Crippen LogP contribution in [-0.4, -0.2) is 18.3 Å². The van der Waals surface area contributed by atoms with E-state index in [4.69, 9.17) is 9.26 Å². The maximum atomic E-state index is 5.41. The minimum absolute atomic E-state index is 0.425. The molecule has 0 aliphatic rings. The van der Waals surface area contributed by atoms with Crippen LogP contribution in [0.2, 0.25) is 0 Å². The lowest BCUT2D eigenvalue weighted by atomic mass is 10.1. The Morgan fingerprint density at radius 1 is 1.32 bits per heavy atom. The Hall–Kier alpha value is -1.81. The Bertz CT molecular complexity index is 547. The van der Waals surface area contributed by atoms with Gasteiger partial charge in [-0.1, -0.05) is 30.6 Å². The van der Waals surface area contributed by atoms with Gasteiger partial charge in [-0.15, -0.1) is 0 Å². The molecular weight excluding hydrogens is 240 g/mol. The fourth-order valence-corrected chi connectivity index (χ4v) is 1.85. The molecule has 0 unspecified atom stereocenters. The number of nitrogens with one attached hydrogen (secondary N) is 1. The molecule has 1 N–H and O–H groups in total. The van der Waals surface area contributed by atoms with Crippen molar-refractivity contribution in [1.29, 1.82) is 0 Å². The number of hydrogen-bond donors (Lipinski definition) is 1. The van der Waals surface area contributed by atoms with Gasteiger partial charge in [0.25, 0.3) is 0 Å². The summed E-state index contributed by atoms with van der Waals surface area (Å²) >= 11 is 0. The van der Waals surface area contributed by atoms with Gasteiger partial charge < -0.3 is 14.6 Å². The van der Waals surface area contributed by atoms with E-state index >= 15 is 0 Å². The van der Waals surface area contributed by atoms with Crippen molar-refractivity contribution in [2.45, 2.75) is 33.4 Å². The topological polar surface area (TPSA) is 47.3 Å². The average Bonchev–Trinajstić information content (AvgIpc) is 2.85. The van der Waals surface area contributed by atoms with Gasteiger partial charge in [-0.3, -0.25) is 0 Å². The molecule has 0 amide bonds. The van der Waals surface area contributed by atoms with E-state index in [1.54, 1.807) is 7.11 Å². The lowest BCUT2D eigenvalue weighted by Gasteiger charge is -2.06. The first-order chi connectivity index (χ1) is 9.10. The average molecular weight is 260 g/mol. The highest BCUT2D eigenvalue weighted by Gasteiger charge is 2.12. The molecule has 0 aliphatic carbocycles. The second kappa shape index (κ2) is 5.89. The molecule has 0 radical (unpaired) electrons. The van der Waals surface area contributed by atoms with Crippen LogP contribution in [-0.2, 0) is 6.54 Å². The molecule has 4 heteroatoms. The molecule has 19 heavy (non-hydrogen) atoms. The largest absolute Gasteiger partial charge is 0.496 e. The van der Waals surface area contributed by atoms with Gasteiger partial charge in [0.2, 0.25) is 0 Å². The molecule has 1 heterocycles. The van der Waals surface area contributed by atoms with Crippen molar-refractivity contribution in [2.24, 2.45) is 0 Å². The van der Waals surface area contributed by atoms with Crippen molar-refractivity contribution in [3.05, 3.63) is 35.5 Å². The van der Waals surface area contributed by atoms with Crippen molar-refractivity contribution in [1.82, 2.24) is 10.5 Å². The fourth-order valence-electron chi connectivity index (χ4n) is 1.85. The minimum atomic E-state index is 0.425. The predicted octanol–water partition coefficient (Wildman–Crippen LogP) is 3.16. The maximum absolute atomic E-state index is 5.41. The monoisotopic (exact) mass is 260 g/mol. The van der Waals surface area contributed by atoms with E-state index < -0.39 is 0 Å². The Balaban J connectivity index is 2.24. The van der Waals surface area contributed by atoms with E-state index in [-0.39, 0.29) is 0 Å². The third-order valence-electron chi connectivity index (χ3n) is 2.87. The van der Waals surface area contributed by atoms with Gasteiger partial charge >= 0.3 is 0 Å². The zero-order valence-electron chi connectivity index (χ0n) is 11.9. The van der Waals surface area contributed by atoms with Crippen LogP contribution >= 0.6 is 0 Å². The zero-order valence-corrected chi connectivity index (χ0v) is 11.9. The van der Waals surface area contributed by atoms with Crippen molar-refractivity contribution in [3.8, 4) is 17.1 Å². The van der Waals surface area contributed by atoms with Crippen LogP contribution in [0.3, 0.4) is 0 Å². The Morgan fingerprint density at radius 2 is 2.11 bits per heavy atom. The van der Waals surface area contributed by atoms with Gasteiger partial charge in [0.15, 0.2) is 5.76 Å². The summed E-state index contributed by atoms with van der Waals surface area (Å²) in [7, 11) is 1.66. The highest BCUT2D eigenvalue weighted by Crippen LogP contribution is 2.31. The summed E-state index contributed by atoms with van der Waals surface area (Å²) in [6, 6.07) is 8.37. The number of nitrogens with zero attached hydrogens (tertiary/aromatic N) is 1. The second-order valence-electron chi connectivity index (χ2n) is 4.92. The van der Waals surface area contributed by atoms with E-state index in [9.17, 15) is 0 Å². The molecule has 102 valence electrons. The molecule has 0 fully saturated rings. The van der Waals surface area contributed by atoms with Crippen LogP contribution in [0.25, 0.3) is 11.3 Å². The summed E-state index contributed by atoms with van der Waals surface area (Å²) in [4.78, 5) is 0. The van der Waals surface area contributed by atoms with Gasteiger partial charge in [0.1, 0.15) is 5.75 Å². The van der Waals surface area contributed by atoms with Crippen LogP contribution in [0.15, 0.2) is 28.8 Å². The van der Waals surface area contributed by atoms with Crippen LogP contribution in [0, 0.1) is 6.92 Å². The SMILES string of the molecule is COc1ccc(C)cc1-c1cc(CNC(C)C)no1. The molecule has 0 bridgehead atoms. The van der Waals surface area contributed by atoms with Crippen molar-refractivity contribution < 1.29 is 9.26 Å². The van der Waals surface area contributed by atoms with Gasteiger partial charge in [-0.25, -0.2) is 0 Å². The summed E-state index contributed by atoms with van der Waals surface area (Å²) in [5.41, 5.74) is 2.99. The first-order valence-corrected chi connectivity index (χ1v) is 6.44. The third kappa shape index (κ3) is 3.35. The van der Waals surface area contributed by atoms with E-state index in [1.165, 1.54) is 0 Å². The first-order valence-electron chi connectivity index (χ1n) is 6.44. The first kappa shape index (κ1) is 13.6. The number of aryl methyl sites for hydroxylation is 1. The number of hydrogen-bond acceptors (Lipinski definition) is 4. The number of aromatic nitrogens is 1. The van der Waals surface area contributed by atoms with Crippen LogP contribution in [0.1, 0.15) is 25.1 Å². The number of methoxy groups -OCH3 is 1. The Labute approximate surface area is 113 Å². The molecule has 0 atom stereocenters. The molecule has 0 aliphatic heterocycles. The predicted molar refractivity (Wildman–Crippen MR) is 75.2 cm³/mol. The normalized spacial score (nSPS) is 11.0. The number of benzene rings is 1. The van der Waals surface area contributed by atoms with E-state index in [0.717, 1.165) is 28.3 Å². The molecule has 1 aromatic carbocycles. The molecule has 2 aromatic rings. The van der Waals surface area contributed by atoms with Gasteiger partial charge in [0, 0.05) is 18.7 Å². The molecular formula is C15H20N2O2. The molecule has 0 spiro atoms. The molecule has 0 saturated carbocycles. The second-order valence-corrected chi connectivity index (χ2v) is 4.92. The zero-order chi connectivity index (χ0) is 13.8. The van der Waals surface area contributed by atoms with Crippen molar-refractivity contribution in [2.75, 3.05) is 7.11 Å². The van der Waals surface area contributed by atoms with Crippen molar-refractivity contribution >= 4 is 0 Å². The van der Waals surface area contributed by atoms with E-state index in [0.29, 0.717) is 12.6 Å². The van der Waals surface area contributed by atoms with Gasteiger partial charge in [0.05, 0.1) is 18.4 Å². The summed E-state index contributed by atoms with van der Waals surface area (Å²) in [6.07, 6.45) is 0. The Kier molecular flexibility index (Phi) is 4.22. The minimum Gasteiger partial charge on any atom is -0.496 e. The number of ether oxygens (including phenoxy) is 1. The summed E-state index contributed by atoms with van der Waals surface area (Å²) in [5, 5.41) is 7.39. The molecule has 2 rings (SSSR count). The fraction of sp³-hybridized carbons (Fsp3) is 0.400. The van der Waals surface area contributed by atoms with E-state index in [1.807, 2.05) is 31.2 Å². The molecule has 1 aromatic heterocycles. The smallest absolute Gasteiger partial charge is 0.170 e. The quantitative estimate of drug-likeness (QED) is 0.897. The van der Waals surface area contributed by atoms with Crippen LogP contribution in [0.4, 0.5) is 0 Å². The summed E-state index contributed by atoms with van der Waals surface area (Å²) < 4.78 is 10.8. The van der Waals surface area contributed by atoms with Crippen LogP contribution < -0.4 is 10.1 Å². The lowest BCUT2D eigenvalue weighted by Crippen LogP contribution is -2.21. The standard InChI is InChI=1S/C15H20N2O2/c1-10(2)16-9-12-8-15(19-17-12)13-7-11(3)5-6-14(13)18-4/h5-8,10,16H,9H2,1-4H3. The Morgan fingerprint density at radius 3 is 2.79 bits per heavy atom. The number of rotatable bonds is 5. The molecule has 0 saturated heterocycles. The molecule has 4 nitrogen and oxygen atoms in total. The van der Waals surface area contributed by atoms with Gasteiger partial charge in [-0.2, -0.15) is 0 Å². The third-order valence-corrected chi connectivity index (χ3v) is 2.87. The van der Waals surface area contributed by atoms with Crippen molar-refractivity contribution in [3.63, 3.8) is 0 Å². The van der Waals surface area contributed by atoms with Crippen LogP contribution in [0.5, 0.6) is 5.75 Å². The highest BCUT2D eigenvalue weighted by molar-refractivity contribution is 5.66. The maximum Gasteiger partial charge on any atom is 0.170 e. The lowest BCUT2D eigenvalue weighted by molar-refractivity contribution is 0.401. The van der Waals surface area contributed by atoms with Gasteiger partial charge in [-0.05, 0) is 19.1 Å². The highest BCUT2D eigenvalue weighted by atomic mass is 16.5. The summed E-state index contributed by atoms with van der Waals surface area (Å²) in [6.45, 7) is 6.95.